The fourth-order valence-corrected chi connectivity index (χ4v) is 4.36. The van der Waals surface area contributed by atoms with Crippen LogP contribution >= 0.6 is 0 Å². The van der Waals surface area contributed by atoms with E-state index in [9.17, 15) is 4.79 Å². The standard InChI is InChI=1S/C21H25N3O2/c1-26-13-9-18(25)24-12-5-10-21(15-24)11-8-17-14-22-20(23-19(17)21)16-6-3-2-4-7-16/h2-4,6-7,14H,5,8-13,15H2,1H3. The van der Waals surface area contributed by atoms with E-state index in [1.165, 1.54) is 5.56 Å². The first-order valence-electron chi connectivity index (χ1n) is 9.40. The summed E-state index contributed by atoms with van der Waals surface area (Å²) in [4.78, 5) is 24.1. The summed E-state index contributed by atoms with van der Waals surface area (Å²) in [6.45, 7) is 2.10. The minimum atomic E-state index is -0.0111. The zero-order chi connectivity index (χ0) is 18.0. The summed E-state index contributed by atoms with van der Waals surface area (Å²) in [6, 6.07) is 10.1. The smallest absolute Gasteiger partial charge is 0.224 e. The first-order valence-corrected chi connectivity index (χ1v) is 9.40. The van der Waals surface area contributed by atoms with Gasteiger partial charge < -0.3 is 9.64 Å². The van der Waals surface area contributed by atoms with E-state index in [1.54, 1.807) is 7.11 Å². The van der Waals surface area contributed by atoms with Crippen LogP contribution in [-0.2, 0) is 21.4 Å². The minimum absolute atomic E-state index is 0.0111. The lowest BCUT2D eigenvalue weighted by Gasteiger charge is -2.40. The van der Waals surface area contributed by atoms with Crippen molar-refractivity contribution in [2.24, 2.45) is 0 Å². The third-order valence-electron chi connectivity index (χ3n) is 5.72. The number of nitrogens with zero attached hydrogens (tertiary/aromatic N) is 3. The van der Waals surface area contributed by atoms with Gasteiger partial charge in [0.25, 0.3) is 0 Å². The van der Waals surface area contributed by atoms with Crippen LogP contribution in [0.2, 0.25) is 0 Å². The third-order valence-corrected chi connectivity index (χ3v) is 5.72. The number of ether oxygens (including phenoxy) is 1. The van der Waals surface area contributed by atoms with E-state index >= 15 is 0 Å². The fourth-order valence-electron chi connectivity index (χ4n) is 4.36. The SMILES string of the molecule is COCCC(=O)N1CCCC2(CCc3cnc(-c4ccccc4)nc32)C1. The van der Waals surface area contributed by atoms with Crippen LogP contribution in [0.3, 0.4) is 0 Å². The number of aromatic nitrogens is 2. The molecule has 5 nitrogen and oxygen atoms in total. The molecular formula is C21H25N3O2. The molecule has 0 N–H and O–H groups in total. The number of hydrogen-bond donors (Lipinski definition) is 0. The van der Waals surface area contributed by atoms with Crippen molar-refractivity contribution in [1.29, 1.82) is 0 Å². The van der Waals surface area contributed by atoms with Gasteiger partial charge in [-0.15, -0.1) is 0 Å². The van der Waals surface area contributed by atoms with Crippen LogP contribution in [0.15, 0.2) is 36.5 Å². The molecule has 4 rings (SSSR count). The Morgan fingerprint density at radius 2 is 2.12 bits per heavy atom. The largest absolute Gasteiger partial charge is 0.384 e. The molecule has 1 unspecified atom stereocenters. The number of piperidine rings is 1. The summed E-state index contributed by atoms with van der Waals surface area (Å²) >= 11 is 0. The summed E-state index contributed by atoms with van der Waals surface area (Å²) in [5.41, 5.74) is 3.44. The Morgan fingerprint density at radius 1 is 1.27 bits per heavy atom. The number of hydrogen-bond acceptors (Lipinski definition) is 4. The Hall–Kier alpha value is -2.27. The summed E-state index contributed by atoms with van der Waals surface area (Å²) in [5.74, 6) is 0.977. The van der Waals surface area contributed by atoms with Gasteiger partial charge in [-0.25, -0.2) is 9.97 Å². The Bertz CT molecular complexity index is 789. The highest BCUT2D eigenvalue weighted by Gasteiger charge is 2.44. The van der Waals surface area contributed by atoms with Crippen LogP contribution in [-0.4, -0.2) is 47.6 Å². The predicted octanol–water partition coefficient (Wildman–Crippen LogP) is 2.99. The maximum atomic E-state index is 12.5. The van der Waals surface area contributed by atoms with Crippen LogP contribution in [0.25, 0.3) is 11.4 Å². The monoisotopic (exact) mass is 351 g/mol. The van der Waals surface area contributed by atoms with Crippen LogP contribution in [0, 0.1) is 0 Å². The molecule has 1 amide bonds. The molecule has 1 aliphatic carbocycles. The first-order chi connectivity index (χ1) is 12.7. The average Bonchev–Trinajstić information content (AvgIpc) is 3.04. The van der Waals surface area contributed by atoms with Crippen LogP contribution < -0.4 is 0 Å². The van der Waals surface area contributed by atoms with Gasteiger partial charge in [0.2, 0.25) is 5.91 Å². The lowest BCUT2D eigenvalue weighted by atomic mass is 9.77. The number of methoxy groups -OCH3 is 1. The summed E-state index contributed by atoms with van der Waals surface area (Å²) in [7, 11) is 1.64. The van der Waals surface area contributed by atoms with E-state index < -0.39 is 0 Å². The zero-order valence-electron chi connectivity index (χ0n) is 15.3. The van der Waals surface area contributed by atoms with Crippen LogP contribution in [0.4, 0.5) is 0 Å². The second-order valence-electron chi connectivity index (χ2n) is 7.38. The highest BCUT2D eigenvalue weighted by Crippen LogP contribution is 2.44. The number of rotatable bonds is 4. The van der Waals surface area contributed by atoms with Crippen LogP contribution in [0.1, 0.15) is 36.9 Å². The van der Waals surface area contributed by atoms with Crippen molar-refractivity contribution in [3.05, 3.63) is 47.8 Å². The molecule has 0 bridgehead atoms. The van der Waals surface area contributed by atoms with Gasteiger partial charge in [-0.3, -0.25) is 4.79 Å². The highest BCUT2D eigenvalue weighted by molar-refractivity contribution is 5.76. The van der Waals surface area contributed by atoms with Crippen molar-refractivity contribution in [3.8, 4) is 11.4 Å². The van der Waals surface area contributed by atoms with Gasteiger partial charge in [0, 0.05) is 37.4 Å². The molecule has 136 valence electrons. The molecule has 1 fully saturated rings. The molecule has 1 atom stereocenters. The van der Waals surface area contributed by atoms with Gasteiger partial charge in [0.05, 0.1) is 18.7 Å². The molecule has 2 heterocycles. The van der Waals surface area contributed by atoms with E-state index in [1.807, 2.05) is 41.4 Å². The lowest BCUT2D eigenvalue weighted by molar-refractivity contribution is -0.134. The molecule has 2 aromatic rings. The van der Waals surface area contributed by atoms with E-state index in [0.29, 0.717) is 13.0 Å². The van der Waals surface area contributed by atoms with Gasteiger partial charge >= 0.3 is 0 Å². The third kappa shape index (κ3) is 3.12. The molecule has 1 aromatic carbocycles. The number of amides is 1. The molecular weight excluding hydrogens is 326 g/mol. The molecule has 0 saturated carbocycles. The summed E-state index contributed by atoms with van der Waals surface area (Å²) < 4.78 is 5.07. The van der Waals surface area contributed by atoms with E-state index in [4.69, 9.17) is 9.72 Å². The van der Waals surface area contributed by atoms with E-state index in [-0.39, 0.29) is 11.3 Å². The van der Waals surface area contributed by atoms with Crippen molar-refractivity contribution in [3.63, 3.8) is 0 Å². The van der Waals surface area contributed by atoms with Crippen molar-refractivity contribution < 1.29 is 9.53 Å². The lowest BCUT2D eigenvalue weighted by Crippen LogP contribution is -2.48. The highest BCUT2D eigenvalue weighted by atomic mass is 16.5. The number of carbonyl (C=O) groups excluding carboxylic acids is 1. The number of carbonyl (C=O) groups is 1. The average molecular weight is 351 g/mol. The predicted molar refractivity (Wildman–Crippen MR) is 99.8 cm³/mol. The van der Waals surface area contributed by atoms with Crippen molar-refractivity contribution in [2.45, 2.75) is 37.5 Å². The molecule has 1 aliphatic heterocycles. The Balaban J connectivity index is 1.62. The zero-order valence-corrected chi connectivity index (χ0v) is 15.3. The molecule has 1 saturated heterocycles. The molecule has 5 heteroatoms. The fraction of sp³-hybridized carbons (Fsp3) is 0.476. The maximum absolute atomic E-state index is 12.5. The molecule has 2 aliphatic rings. The van der Waals surface area contributed by atoms with E-state index in [0.717, 1.165) is 55.9 Å². The molecule has 26 heavy (non-hydrogen) atoms. The number of benzene rings is 1. The van der Waals surface area contributed by atoms with Gasteiger partial charge in [0.1, 0.15) is 0 Å². The Morgan fingerprint density at radius 3 is 2.92 bits per heavy atom. The number of fused-ring (bicyclic) bond motifs is 2. The Labute approximate surface area is 154 Å². The summed E-state index contributed by atoms with van der Waals surface area (Å²) in [5, 5.41) is 0. The molecule has 1 spiro atoms. The van der Waals surface area contributed by atoms with Crippen molar-refractivity contribution in [1.82, 2.24) is 14.9 Å². The minimum Gasteiger partial charge on any atom is -0.384 e. The van der Waals surface area contributed by atoms with Gasteiger partial charge in [-0.2, -0.15) is 0 Å². The van der Waals surface area contributed by atoms with Crippen LogP contribution in [0.5, 0.6) is 0 Å². The van der Waals surface area contributed by atoms with Gasteiger partial charge in [0.15, 0.2) is 5.82 Å². The van der Waals surface area contributed by atoms with E-state index in [2.05, 4.69) is 4.98 Å². The first kappa shape index (κ1) is 17.2. The number of likely N-dealkylation sites (tertiary alicyclic amines) is 1. The van der Waals surface area contributed by atoms with Crippen molar-refractivity contribution in [2.75, 3.05) is 26.8 Å². The second kappa shape index (κ2) is 7.16. The second-order valence-corrected chi connectivity index (χ2v) is 7.38. The molecule has 0 radical (unpaired) electrons. The quantitative estimate of drug-likeness (QED) is 0.850. The normalized spacial score (nSPS) is 21.8. The number of aryl methyl sites for hydroxylation is 1. The maximum Gasteiger partial charge on any atom is 0.224 e. The molecule has 1 aromatic heterocycles. The topological polar surface area (TPSA) is 55.3 Å². The van der Waals surface area contributed by atoms with Crippen molar-refractivity contribution >= 4 is 5.91 Å². The van der Waals surface area contributed by atoms with Gasteiger partial charge in [-0.1, -0.05) is 30.3 Å². The Kier molecular flexibility index (Phi) is 4.72. The summed E-state index contributed by atoms with van der Waals surface area (Å²) in [6.07, 6.45) is 6.64. The van der Waals surface area contributed by atoms with Gasteiger partial charge in [-0.05, 0) is 31.2 Å².